The van der Waals surface area contributed by atoms with E-state index < -0.39 is 22.0 Å². The summed E-state index contributed by atoms with van der Waals surface area (Å²) in [7, 11) is -1.73. The van der Waals surface area contributed by atoms with E-state index in [0.717, 1.165) is 4.31 Å². The average Bonchev–Trinajstić information content (AvgIpc) is 2.71. The van der Waals surface area contributed by atoms with Crippen molar-refractivity contribution in [1.29, 1.82) is 0 Å². The summed E-state index contributed by atoms with van der Waals surface area (Å²) >= 11 is 0. The van der Waals surface area contributed by atoms with Gasteiger partial charge in [-0.15, -0.1) is 4.68 Å². The van der Waals surface area contributed by atoms with Gasteiger partial charge in [-0.1, -0.05) is 0 Å². The van der Waals surface area contributed by atoms with Gasteiger partial charge >= 0.3 is 22.0 Å². The first-order chi connectivity index (χ1) is 9.24. The van der Waals surface area contributed by atoms with E-state index in [1.54, 1.807) is 13.8 Å². The van der Waals surface area contributed by atoms with Crippen molar-refractivity contribution in [2.75, 3.05) is 27.2 Å². The van der Waals surface area contributed by atoms with E-state index in [0.29, 0.717) is 17.8 Å². The van der Waals surface area contributed by atoms with Gasteiger partial charge in [0.2, 0.25) is 0 Å². The van der Waals surface area contributed by atoms with E-state index in [1.807, 2.05) is 0 Å². The second-order valence-electron chi connectivity index (χ2n) is 3.82. The number of aromatic nitrogens is 4. The minimum Gasteiger partial charge on any atom is -0.323 e. The molecule has 0 unspecified atom stereocenters. The van der Waals surface area contributed by atoms with Crippen molar-refractivity contribution in [3.63, 3.8) is 0 Å². The third-order valence-corrected chi connectivity index (χ3v) is 3.61. The zero-order valence-electron chi connectivity index (χ0n) is 11.5. The van der Waals surface area contributed by atoms with Gasteiger partial charge in [0, 0.05) is 32.0 Å². The first-order valence-corrected chi connectivity index (χ1v) is 7.07. The lowest BCUT2D eigenvalue weighted by molar-refractivity contribution is 0.195. The van der Waals surface area contributed by atoms with Gasteiger partial charge < -0.3 is 4.90 Å². The van der Waals surface area contributed by atoms with Crippen molar-refractivity contribution in [2.45, 2.75) is 13.8 Å². The fourth-order valence-electron chi connectivity index (χ4n) is 1.18. The Labute approximate surface area is 115 Å². The first-order valence-electron chi connectivity index (χ1n) is 5.71. The molecule has 0 aliphatic heterocycles. The maximum atomic E-state index is 11.9. The minimum atomic E-state index is -4.16. The molecule has 0 aliphatic carbocycles. The number of hydrogen-bond acceptors (Lipinski definition) is 7. The van der Waals surface area contributed by atoms with Crippen LogP contribution in [0.3, 0.4) is 0 Å². The predicted octanol–water partition coefficient (Wildman–Crippen LogP) is -2.02. The van der Waals surface area contributed by atoms with Crippen LogP contribution in [0.5, 0.6) is 0 Å². The predicted molar refractivity (Wildman–Crippen MR) is 67.2 cm³/mol. The number of tetrazole rings is 1. The number of amides is 1. The summed E-state index contributed by atoms with van der Waals surface area (Å²) < 4.78 is 28.5. The van der Waals surface area contributed by atoms with Crippen LogP contribution >= 0.6 is 0 Å². The van der Waals surface area contributed by atoms with E-state index in [1.165, 1.54) is 19.0 Å². The molecular formula is C8H16N6O5S. The second kappa shape index (κ2) is 6.00. The van der Waals surface area contributed by atoms with Crippen LogP contribution in [-0.2, 0) is 10.3 Å². The van der Waals surface area contributed by atoms with Crippen LogP contribution in [0.25, 0.3) is 0 Å². The Bertz CT molecular complexity index is 628. The molecule has 0 spiro atoms. The van der Waals surface area contributed by atoms with Gasteiger partial charge in [0.25, 0.3) is 0 Å². The highest BCUT2D eigenvalue weighted by molar-refractivity contribution is 7.84. The number of carbonyl (C=O) groups is 1. The zero-order valence-corrected chi connectivity index (χ0v) is 12.4. The van der Waals surface area contributed by atoms with Crippen molar-refractivity contribution >= 4 is 16.3 Å². The molecule has 1 amide bonds. The summed E-state index contributed by atoms with van der Waals surface area (Å²) in [6, 6.07) is -0.711. The molecule has 0 aromatic carbocycles. The van der Waals surface area contributed by atoms with Gasteiger partial charge in [-0.3, -0.25) is 4.28 Å². The van der Waals surface area contributed by atoms with Gasteiger partial charge in [-0.2, -0.15) is 12.7 Å². The molecular weight excluding hydrogens is 292 g/mol. The third-order valence-electron chi connectivity index (χ3n) is 2.38. The summed E-state index contributed by atoms with van der Waals surface area (Å²) in [4.78, 5) is 25.1. The number of nitrogens with zero attached hydrogens (tertiary/aromatic N) is 6. The highest BCUT2D eigenvalue weighted by Gasteiger charge is 2.23. The Balaban J connectivity index is 3.08. The van der Waals surface area contributed by atoms with Crippen molar-refractivity contribution in [2.24, 2.45) is 0 Å². The fraction of sp³-hybridized carbons (Fsp3) is 0.750. The standard InChI is InChI=1S/C8H16N6O5S/c1-5-12(6-2)7(15)13-8(16)14(10-9-13)19-20(17,18)11(3)4/h5-6H2,1-4H3. The average molecular weight is 308 g/mol. The molecule has 0 bridgehead atoms. The van der Waals surface area contributed by atoms with Crippen LogP contribution in [0.15, 0.2) is 4.79 Å². The third kappa shape index (κ3) is 3.14. The highest BCUT2D eigenvalue weighted by Crippen LogP contribution is 1.93. The molecule has 1 heterocycles. The molecule has 0 radical (unpaired) electrons. The van der Waals surface area contributed by atoms with Crippen LogP contribution in [0, 0.1) is 0 Å². The molecule has 0 atom stereocenters. The lowest BCUT2D eigenvalue weighted by Crippen LogP contribution is -2.43. The topological polar surface area (TPSA) is 120 Å². The molecule has 0 fully saturated rings. The smallest absolute Gasteiger partial charge is 0.323 e. The van der Waals surface area contributed by atoms with Crippen LogP contribution in [0.2, 0.25) is 0 Å². The second-order valence-corrected chi connectivity index (χ2v) is 5.55. The summed E-state index contributed by atoms with van der Waals surface area (Å²) in [5.74, 6) is 0. The van der Waals surface area contributed by atoms with Crippen molar-refractivity contribution < 1.29 is 17.5 Å². The summed E-state index contributed by atoms with van der Waals surface area (Å²) in [5, 5.41) is 6.49. The molecule has 0 saturated carbocycles. The van der Waals surface area contributed by atoms with Gasteiger partial charge in [-0.05, 0) is 24.3 Å². The number of carbonyl (C=O) groups excluding carboxylic acids is 1. The number of hydrogen-bond donors (Lipinski definition) is 0. The molecule has 1 aromatic heterocycles. The van der Waals surface area contributed by atoms with Crippen molar-refractivity contribution in [1.82, 2.24) is 29.2 Å². The maximum absolute atomic E-state index is 11.9. The van der Waals surface area contributed by atoms with Crippen LogP contribution in [-0.4, -0.2) is 70.8 Å². The molecule has 114 valence electrons. The quantitative estimate of drug-likeness (QED) is 0.576. The lowest BCUT2D eigenvalue weighted by atomic mass is 10.5. The molecule has 0 N–H and O–H groups in total. The van der Waals surface area contributed by atoms with Gasteiger partial charge in [-0.25, -0.2) is 9.59 Å². The van der Waals surface area contributed by atoms with E-state index in [9.17, 15) is 18.0 Å². The van der Waals surface area contributed by atoms with Gasteiger partial charge in [0.15, 0.2) is 0 Å². The molecule has 0 saturated heterocycles. The molecule has 11 nitrogen and oxygen atoms in total. The van der Waals surface area contributed by atoms with Crippen LogP contribution < -0.4 is 9.97 Å². The van der Waals surface area contributed by atoms with Crippen molar-refractivity contribution in [3.8, 4) is 0 Å². The molecule has 1 aromatic rings. The minimum absolute atomic E-state index is 0.136. The summed E-state index contributed by atoms with van der Waals surface area (Å²) in [6.07, 6.45) is 0. The van der Waals surface area contributed by atoms with Crippen LogP contribution in [0.4, 0.5) is 4.79 Å². The maximum Gasteiger partial charge on any atom is 0.408 e. The molecule has 20 heavy (non-hydrogen) atoms. The first kappa shape index (κ1) is 16.1. The van der Waals surface area contributed by atoms with E-state index in [4.69, 9.17) is 0 Å². The SMILES string of the molecule is CCN(CC)C(=O)n1nnn(OS(=O)(=O)N(C)C)c1=O. The zero-order chi connectivity index (χ0) is 15.5. The Morgan fingerprint density at radius 3 is 2.25 bits per heavy atom. The summed E-state index contributed by atoms with van der Waals surface area (Å²) in [5.41, 5.74) is -1.10. The van der Waals surface area contributed by atoms with Crippen molar-refractivity contribution in [3.05, 3.63) is 10.5 Å². The Morgan fingerprint density at radius 1 is 1.25 bits per heavy atom. The van der Waals surface area contributed by atoms with Crippen LogP contribution in [0.1, 0.15) is 13.8 Å². The number of rotatable bonds is 5. The fourth-order valence-corrected chi connectivity index (χ4v) is 1.59. The lowest BCUT2D eigenvalue weighted by Gasteiger charge is -2.16. The Kier molecular flexibility index (Phi) is 4.83. The Hall–Kier alpha value is -1.95. The highest BCUT2D eigenvalue weighted by atomic mass is 32.2. The normalized spacial score (nSPS) is 11.7. The Morgan fingerprint density at radius 2 is 1.80 bits per heavy atom. The molecule has 0 aliphatic rings. The molecule has 12 heteroatoms. The van der Waals surface area contributed by atoms with Gasteiger partial charge in [0.1, 0.15) is 0 Å². The van der Waals surface area contributed by atoms with E-state index in [2.05, 4.69) is 14.7 Å². The molecule has 1 rings (SSSR count). The largest absolute Gasteiger partial charge is 0.408 e. The van der Waals surface area contributed by atoms with Gasteiger partial charge in [0.05, 0.1) is 0 Å². The van der Waals surface area contributed by atoms with E-state index in [-0.39, 0.29) is 4.85 Å². The summed E-state index contributed by atoms with van der Waals surface area (Å²) in [6.45, 7) is 4.19. The van der Waals surface area contributed by atoms with E-state index >= 15 is 0 Å². The monoisotopic (exact) mass is 308 g/mol.